The van der Waals surface area contributed by atoms with Gasteiger partial charge in [0, 0.05) is 17.4 Å². The van der Waals surface area contributed by atoms with E-state index in [0.29, 0.717) is 10.7 Å². The van der Waals surface area contributed by atoms with Crippen LogP contribution in [0.5, 0.6) is 0 Å². The minimum Gasteiger partial charge on any atom is -0.339 e. The number of aromatic nitrogens is 2. The van der Waals surface area contributed by atoms with Crippen molar-refractivity contribution in [3.63, 3.8) is 0 Å². The molecule has 4 heteroatoms. The van der Waals surface area contributed by atoms with Gasteiger partial charge in [-0.2, -0.15) is 0 Å². The number of para-hydroxylation sites is 1. The van der Waals surface area contributed by atoms with Crippen LogP contribution in [0.3, 0.4) is 0 Å². The lowest BCUT2D eigenvalue weighted by molar-refractivity contribution is 1.18. The van der Waals surface area contributed by atoms with E-state index in [9.17, 15) is 0 Å². The smallest absolute Gasteiger partial charge is 0.157 e. The molecule has 0 aliphatic rings. The number of halogens is 1. The first-order chi connectivity index (χ1) is 12.7. The average molecular weight is 358 g/mol. The van der Waals surface area contributed by atoms with E-state index in [1.54, 1.807) is 0 Å². The molecule has 2 heterocycles. The zero-order valence-electron chi connectivity index (χ0n) is 14.2. The number of imidazole rings is 1. The van der Waals surface area contributed by atoms with Gasteiger partial charge in [0.2, 0.25) is 0 Å². The third-order valence-electron chi connectivity index (χ3n) is 4.08. The molecule has 0 unspecified atom stereocenters. The molecule has 0 aliphatic heterocycles. The molecule has 0 amide bonds. The molecule has 1 N–H and O–H groups in total. The highest BCUT2D eigenvalue weighted by Gasteiger charge is 2.12. The van der Waals surface area contributed by atoms with Gasteiger partial charge in [-0.05, 0) is 48.7 Å². The summed E-state index contributed by atoms with van der Waals surface area (Å²) in [5.74, 6) is 7.17. The van der Waals surface area contributed by atoms with Gasteiger partial charge in [-0.15, -0.1) is 0 Å². The van der Waals surface area contributed by atoms with Crippen LogP contribution < -0.4 is 5.32 Å². The van der Waals surface area contributed by atoms with Crippen molar-refractivity contribution in [2.24, 2.45) is 0 Å². The molecule has 0 saturated heterocycles. The summed E-state index contributed by atoms with van der Waals surface area (Å²) in [6.07, 6.45) is 1.85. The van der Waals surface area contributed by atoms with Crippen LogP contribution >= 0.6 is 11.6 Å². The Morgan fingerprint density at radius 2 is 1.69 bits per heavy atom. The third-order valence-corrected chi connectivity index (χ3v) is 4.30. The molecular formula is C22H16ClN3. The van der Waals surface area contributed by atoms with Crippen molar-refractivity contribution in [1.82, 2.24) is 9.38 Å². The molecular weight excluding hydrogens is 342 g/mol. The first kappa shape index (κ1) is 16.3. The Morgan fingerprint density at radius 1 is 0.923 bits per heavy atom. The summed E-state index contributed by atoms with van der Waals surface area (Å²) in [6, 6.07) is 21.7. The number of fused-ring (bicyclic) bond motifs is 1. The van der Waals surface area contributed by atoms with E-state index in [1.807, 2.05) is 71.3 Å². The maximum atomic E-state index is 6.19. The molecule has 4 aromatic rings. The molecule has 3 nitrogen and oxygen atoms in total. The summed E-state index contributed by atoms with van der Waals surface area (Å²) >= 11 is 6.19. The lowest BCUT2D eigenvalue weighted by atomic mass is 10.2. The highest BCUT2D eigenvalue weighted by molar-refractivity contribution is 6.30. The summed E-state index contributed by atoms with van der Waals surface area (Å²) in [5, 5.41) is 4.11. The number of pyridine rings is 1. The van der Waals surface area contributed by atoms with Crippen molar-refractivity contribution in [1.29, 1.82) is 0 Å². The van der Waals surface area contributed by atoms with Crippen molar-refractivity contribution in [3.8, 4) is 11.8 Å². The quantitative estimate of drug-likeness (QED) is 0.484. The fourth-order valence-corrected chi connectivity index (χ4v) is 2.88. The molecule has 0 fully saturated rings. The fraction of sp³-hybridized carbons (Fsp3) is 0.0455. The lowest BCUT2D eigenvalue weighted by Gasteiger charge is -2.09. The van der Waals surface area contributed by atoms with Gasteiger partial charge in [0.1, 0.15) is 5.65 Å². The van der Waals surface area contributed by atoms with E-state index in [2.05, 4.69) is 35.1 Å². The number of aryl methyl sites for hydroxylation is 1. The van der Waals surface area contributed by atoms with E-state index in [0.717, 1.165) is 28.3 Å². The maximum Gasteiger partial charge on any atom is 0.157 e. The van der Waals surface area contributed by atoms with Crippen molar-refractivity contribution in [3.05, 3.63) is 94.8 Å². The highest BCUT2D eigenvalue weighted by atomic mass is 35.5. The van der Waals surface area contributed by atoms with Crippen molar-refractivity contribution < 1.29 is 0 Å². The van der Waals surface area contributed by atoms with Gasteiger partial charge in [0.05, 0.1) is 5.02 Å². The van der Waals surface area contributed by atoms with E-state index in [-0.39, 0.29) is 0 Å². The van der Waals surface area contributed by atoms with Gasteiger partial charge in [-0.1, -0.05) is 53.9 Å². The number of hydrogen-bond acceptors (Lipinski definition) is 2. The van der Waals surface area contributed by atoms with Crippen LogP contribution in [0.1, 0.15) is 16.8 Å². The van der Waals surface area contributed by atoms with Crippen LogP contribution in [0.4, 0.5) is 11.5 Å². The second kappa shape index (κ2) is 6.95. The molecule has 0 aliphatic carbocycles. The number of benzene rings is 2. The topological polar surface area (TPSA) is 29.3 Å². The van der Waals surface area contributed by atoms with Gasteiger partial charge >= 0.3 is 0 Å². The Bertz CT molecular complexity index is 1130. The number of hydrogen-bond donors (Lipinski definition) is 1. The molecule has 26 heavy (non-hydrogen) atoms. The van der Waals surface area contributed by atoms with E-state index >= 15 is 0 Å². The number of anilines is 2. The van der Waals surface area contributed by atoms with Crippen LogP contribution in [-0.2, 0) is 0 Å². The zero-order valence-corrected chi connectivity index (χ0v) is 15.0. The molecule has 2 aromatic heterocycles. The fourth-order valence-electron chi connectivity index (χ4n) is 2.72. The Kier molecular flexibility index (Phi) is 4.35. The Labute approximate surface area is 157 Å². The van der Waals surface area contributed by atoms with Crippen molar-refractivity contribution in [2.75, 3.05) is 5.32 Å². The Balaban J connectivity index is 1.84. The minimum atomic E-state index is 0.644. The SMILES string of the molecule is Cc1ccccc1Nc1c(C#Cc2ccccc2)nc2ccc(Cl)cn12. The van der Waals surface area contributed by atoms with Crippen LogP contribution in [0.2, 0.25) is 5.02 Å². The molecule has 0 atom stereocenters. The minimum absolute atomic E-state index is 0.644. The standard InChI is InChI=1S/C22H16ClN3/c1-16-7-5-6-10-19(16)25-22-20(13-11-17-8-3-2-4-9-17)24-21-14-12-18(23)15-26(21)22/h2-10,12,14-15,25H,1H3. The van der Waals surface area contributed by atoms with Gasteiger partial charge in [-0.25, -0.2) is 4.98 Å². The van der Waals surface area contributed by atoms with E-state index < -0.39 is 0 Å². The predicted octanol–water partition coefficient (Wildman–Crippen LogP) is 5.44. The average Bonchev–Trinajstić information content (AvgIpc) is 2.99. The molecule has 0 bridgehead atoms. The molecule has 0 saturated carbocycles. The van der Waals surface area contributed by atoms with Gasteiger partial charge < -0.3 is 5.32 Å². The summed E-state index contributed by atoms with van der Waals surface area (Å²) in [4.78, 5) is 4.66. The molecule has 0 radical (unpaired) electrons. The van der Waals surface area contributed by atoms with Crippen molar-refractivity contribution >= 4 is 28.8 Å². The van der Waals surface area contributed by atoms with Crippen LogP contribution in [0, 0.1) is 18.8 Å². The summed E-state index contributed by atoms with van der Waals surface area (Å²) in [7, 11) is 0. The van der Waals surface area contributed by atoms with Gasteiger partial charge in [0.25, 0.3) is 0 Å². The molecule has 0 spiro atoms. The normalized spacial score (nSPS) is 10.4. The lowest BCUT2D eigenvalue weighted by Crippen LogP contribution is -1.98. The van der Waals surface area contributed by atoms with Crippen LogP contribution in [0.25, 0.3) is 5.65 Å². The zero-order chi connectivity index (χ0) is 17.9. The first-order valence-electron chi connectivity index (χ1n) is 8.28. The third kappa shape index (κ3) is 3.28. The Morgan fingerprint density at radius 3 is 2.50 bits per heavy atom. The van der Waals surface area contributed by atoms with Crippen LogP contribution in [-0.4, -0.2) is 9.38 Å². The summed E-state index contributed by atoms with van der Waals surface area (Å²) < 4.78 is 1.93. The highest BCUT2D eigenvalue weighted by Crippen LogP contribution is 2.25. The second-order valence-electron chi connectivity index (χ2n) is 5.94. The van der Waals surface area contributed by atoms with Gasteiger partial charge in [-0.3, -0.25) is 4.40 Å². The Hall–Kier alpha value is -3.22. The predicted molar refractivity (Wildman–Crippen MR) is 107 cm³/mol. The summed E-state index contributed by atoms with van der Waals surface area (Å²) in [5.41, 5.74) is 4.58. The van der Waals surface area contributed by atoms with Crippen molar-refractivity contribution in [2.45, 2.75) is 6.92 Å². The largest absolute Gasteiger partial charge is 0.339 e. The molecule has 126 valence electrons. The second-order valence-corrected chi connectivity index (χ2v) is 6.38. The van der Waals surface area contributed by atoms with E-state index in [1.165, 1.54) is 0 Å². The van der Waals surface area contributed by atoms with Gasteiger partial charge in [0.15, 0.2) is 11.5 Å². The molecule has 4 rings (SSSR count). The number of nitrogens with one attached hydrogen (secondary N) is 1. The van der Waals surface area contributed by atoms with E-state index in [4.69, 9.17) is 11.6 Å². The first-order valence-corrected chi connectivity index (χ1v) is 8.66. The maximum absolute atomic E-state index is 6.19. The monoisotopic (exact) mass is 357 g/mol. The van der Waals surface area contributed by atoms with Crippen LogP contribution in [0.15, 0.2) is 72.9 Å². The number of nitrogens with zero attached hydrogens (tertiary/aromatic N) is 2. The molecule has 2 aromatic carbocycles. The summed E-state index contributed by atoms with van der Waals surface area (Å²) in [6.45, 7) is 2.06. The number of rotatable bonds is 2.